The van der Waals surface area contributed by atoms with Gasteiger partial charge in [-0.2, -0.15) is 0 Å². The Kier molecular flexibility index (Phi) is 2.96. The molecule has 0 aliphatic carbocycles. The first-order valence-electron chi connectivity index (χ1n) is 4.18. The van der Waals surface area contributed by atoms with Gasteiger partial charge in [-0.25, -0.2) is 0 Å². The van der Waals surface area contributed by atoms with E-state index in [-0.39, 0.29) is 0 Å². The maximum atomic E-state index is 6.07. The Morgan fingerprint density at radius 2 is 2.23 bits per heavy atom. The van der Waals surface area contributed by atoms with Crippen LogP contribution >= 0.6 is 34.2 Å². The fourth-order valence-electron chi connectivity index (χ4n) is 1.22. The minimum Gasteiger partial charge on any atom is -0.379 e. The molecule has 1 saturated heterocycles. The molecule has 13 heavy (non-hydrogen) atoms. The molecule has 0 spiro atoms. The Balaban J connectivity index is 2.10. The topological polar surface area (TPSA) is 24.1 Å². The molecule has 1 heterocycles. The van der Waals surface area contributed by atoms with Gasteiger partial charge in [0.25, 0.3) is 0 Å². The molecule has 1 fully saturated rings. The number of halogens is 2. The molecule has 0 saturated carbocycles. The van der Waals surface area contributed by atoms with Crippen LogP contribution in [0, 0.1) is 3.57 Å². The minimum atomic E-state index is 0.539. The van der Waals surface area contributed by atoms with Gasteiger partial charge in [0.1, 0.15) is 0 Å². The van der Waals surface area contributed by atoms with E-state index in [1.807, 2.05) is 12.1 Å². The fourth-order valence-corrected chi connectivity index (χ4v) is 2.13. The Hall–Kier alpha value is -0.000000000000000132. The molecule has 1 aromatic carbocycles. The van der Waals surface area contributed by atoms with E-state index in [1.54, 1.807) is 0 Å². The summed E-state index contributed by atoms with van der Waals surface area (Å²) in [6.07, 6.45) is 0. The van der Waals surface area contributed by atoms with E-state index >= 15 is 0 Å². The molecule has 4 heteroatoms. The van der Waals surface area contributed by atoms with E-state index in [0.29, 0.717) is 6.04 Å². The van der Waals surface area contributed by atoms with Gasteiger partial charge in [-0.1, -0.05) is 11.6 Å². The van der Waals surface area contributed by atoms with Gasteiger partial charge in [0.2, 0.25) is 0 Å². The highest BCUT2D eigenvalue weighted by Crippen LogP contribution is 2.24. The summed E-state index contributed by atoms with van der Waals surface area (Å²) >= 11 is 8.32. The Labute approximate surface area is 96.2 Å². The van der Waals surface area contributed by atoms with Crippen LogP contribution in [0.2, 0.25) is 5.02 Å². The summed E-state index contributed by atoms with van der Waals surface area (Å²) in [6.45, 7) is 2.06. The molecule has 1 aliphatic rings. The van der Waals surface area contributed by atoms with Crippen LogP contribution in [0.3, 0.4) is 0 Å². The molecule has 0 unspecified atom stereocenters. The van der Waals surface area contributed by atoms with Crippen molar-refractivity contribution in [1.82, 2.24) is 5.32 Å². The van der Waals surface area contributed by atoms with E-state index in [9.17, 15) is 0 Å². The Bertz CT molecular complexity index is 312. The number of anilines is 1. The SMILES string of the molecule is Clc1cc(I)ccc1NC1CNC1. The molecule has 70 valence electrons. The normalized spacial score (nSPS) is 16.8. The monoisotopic (exact) mass is 308 g/mol. The standard InChI is InChI=1S/C9H10ClIN2/c10-8-3-6(11)1-2-9(8)13-7-4-12-5-7/h1-3,7,12-13H,4-5H2. The van der Waals surface area contributed by atoms with E-state index < -0.39 is 0 Å². The summed E-state index contributed by atoms with van der Waals surface area (Å²) in [5, 5.41) is 7.39. The van der Waals surface area contributed by atoms with Gasteiger partial charge in [-0.3, -0.25) is 0 Å². The zero-order chi connectivity index (χ0) is 9.26. The van der Waals surface area contributed by atoms with E-state index in [1.165, 1.54) is 3.57 Å². The first-order valence-corrected chi connectivity index (χ1v) is 5.63. The Morgan fingerprint density at radius 3 is 2.77 bits per heavy atom. The van der Waals surface area contributed by atoms with Crippen LogP contribution in [0.25, 0.3) is 0 Å². The highest BCUT2D eigenvalue weighted by Gasteiger charge is 2.16. The molecule has 0 bridgehead atoms. The number of rotatable bonds is 2. The van der Waals surface area contributed by atoms with Crippen molar-refractivity contribution >= 4 is 39.9 Å². The minimum absolute atomic E-state index is 0.539. The lowest BCUT2D eigenvalue weighted by atomic mass is 10.1. The first-order chi connectivity index (χ1) is 6.25. The molecule has 2 N–H and O–H groups in total. The summed E-state index contributed by atoms with van der Waals surface area (Å²) in [7, 11) is 0. The van der Waals surface area contributed by atoms with Crippen molar-refractivity contribution < 1.29 is 0 Å². The zero-order valence-electron chi connectivity index (χ0n) is 6.98. The van der Waals surface area contributed by atoms with Gasteiger partial charge in [0.05, 0.1) is 16.8 Å². The van der Waals surface area contributed by atoms with Crippen molar-refractivity contribution in [2.75, 3.05) is 18.4 Å². The summed E-state index contributed by atoms with van der Waals surface area (Å²) < 4.78 is 1.17. The van der Waals surface area contributed by atoms with Crippen molar-refractivity contribution in [2.45, 2.75) is 6.04 Å². The van der Waals surface area contributed by atoms with Gasteiger partial charge >= 0.3 is 0 Å². The molecule has 0 amide bonds. The third-order valence-electron chi connectivity index (χ3n) is 2.07. The molecule has 2 nitrogen and oxygen atoms in total. The molecule has 1 aromatic rings. The first kappa shape index (κ1) is 9.55. The van der Waals surface area contributed by atoms with E-state index in [0.717, 1.165) is 23.8 Å². The van der Waals surface area contributed by atoms with Crippen LogP contribution in [-0.4, -0.2) is 19.1 Å². The van der Waals surface area contributed by atoms with Gasteiger partial charge in [-0.05, 0) is 40.8 Å². The molecular weight excluding hydrogens is 298 g/mol. The lowest BCUT2D eigenvalue weighted by Crippen LogP contribution is -2.51. The number of benzene rings is 1. The van der Waals surface area contributed by atoms with Crippen LogP contribution in [0.4, 0.5) is 5.69 Å². The molecule has 1 aliphatic heterocycles. The van der Waals surface area contributed by atoms with Crippen molar-refractivity contribution in [3.8, 4) is 0 Å². The molecular formula is C9H10ClIN2. The summed E-state index contributed by atoms with van der Waals surface area (Å²) in [4.78, 5) is 0. The summed E-state index contributed by atoms with van der Waals surface area (Å²) in [6, 6.07) is 6.59. The van der Waals surface area contributed by atoms with Gasteiger partial charge < -0.3 is 10.6 Å². The number of hydrogen-bond donors (Lipinski definition) is 2. The molecule has 2 rings (SSSR count). The van der Waals surface area contributed by atoms with Crippen molar-refractivity contribution in [3.63, 3.8) is 0 Å². The number of hydrogen-bond acceptors (Lipinski definition) is 2. The highest BCUT2D eigenvalue weighted by atomic mass is 127. The lowest BCUT2D eigenvalue weighted by Gasteiger charge is -2.29. The van der Waals surface area contributed by atoms with Crippen molar-refractivity contribution in [1.29, 1.82) is 0 Å². The van der Waals surface area contributed by atoms with E-state index in [4.69, 9.17) is 11.6 Å². The third-order valence-corrected chi connectivity index (χ3v) is 3.06. The zero-order valence-corrected chi connectivity index (χ0v) is 9.89. The molecule has 0 atom stereocenters. The smallest absolute Gasteiger partial charge is 0.0648 e. The summed E-state index contributed by atoms with van der Waals surface area (Å²) in [5.74, 6) is 0. The van der Waals surface area contributed by atoms with Crippen LogP contribution in [0.1, 0.15) is 0 Å². The van der Waals surface area contributed by atoms with Gasteiger partial charge in [-0.15, -0.1) is 0 Å². The predicted octanol–water partition coefficient (Wildman–Crippen LogP) is 2.33. The third kappa shape index (κ3) is 2.27. The van der Waals surface area contributed by atoms with Gasteiger partial charge in [0.15, 0.2) is 0 Å². The Morgan fingerprint density at radius 1 is 1.46 bits per heavy atom. The van der Waals surface area contributed by atoms with Crippen LogP contribution in [-0.2, 0) is 0 Å². The second kappa shape index (κ2) is 4.02. The second-order valence-corrected chi connectivity index (χ2v) is 4.78. The maximum Gasteiger partial charge on any atom is 0.0648 e. The maximum absolute atomic E-state index is 6.07. The van der Waals surface area contributed by atoms with Crippen molar-refractivity contribution in [3.05, 3.63) is 26.8 Å². The van der Waals surface area contributed by atoms with Crippen LogP contribution in [0.15, 0.2) is 18.2 Å². The quantitative estimate of drug-likeness (QED) is 0.820. The predicted molar refractivity (Wildman–Crippen MR) is 64.4 cm³/mol. The molecule has 0 radical (unpaired) electrons. The average molecular weight is 309 g/mol. The molecule has 0 aromatic heterocycles. The lowest BCUT2D eigenvalue weighted by molar-refractivity contribution is 0.472. The van der Waals surface area contributed by atoms with Crippen LogP contribution in [0.5, 0.6) is 0 Å². The fraction of sp³-hybridized carbons (Fsp3) is 0.333. The highest BCUT2D eigenvalue weighted by molar-refractivity contribution is 14.1. The largest absolute Gasteiger partial charge is 0.379 e. The summed E-state index contributed by atoms with van der Waals surface area (Å²) in [5.41, 5.74) is 1.04. The second-order valence-electron chi connectivity index (χ2n) is 3.12. The van der Waals surface area contributed by atoms with Crippen LogP contribution < -0.4 is 10.6 Å². The van der Waals surface area contributed by atoms with Crippen molar-refractivity contribution in [2.24, 2.45) is 0 Å². The van der Waals surface area contributed by atoms with E-state index in [2.05, 4.69) is 39.3 Å². The number of nitrogens with one attached hydrogen (secondary N) is 2. The van der Waals surface area contributed by atoms with Gasteiger partial charge in [0, 0.05) is 16.7 Å². The average Bonchev–Trinajstić information content (AvgIpc) is 1.99.